The van der Waals surface area contributed by atoms with Crippen molar-refractivity contribution in [1.29, 1.82) is 0 Å². The second-order valence-electron chi connectivity index (χ2n) is 5.26. The molecule has 0 saturated heterocycles. The minimum absolute atomic E-state index is 0.181. The van der Waals surface area contributed by atoms with Crippen LogP contribution in [0.5, 0.6) is 5.75 Å². The third kappa shape index (κ3) is 3.15. The van der Waals surface area contributed by atoms with E-state index in [0.717, 1.165) is 29.5 Å². The van der Waals surface area contributed by atoms with E-state index in [1.165, 1.54) is 20.0 Å². The molecule has 1 heterocycles. The number of ether oxygens (including phenoxy) is 2. The molecule has 1 saturated carbocycles. The molecule has 0 aromatic heterocycles. The van der Waals surface area contributed by atoms with E-state index in [-0.39, 0.29) is 16.6 Å². The van der Waals surface area contributed by atoms with Crippen LogP contribution in [0.25, 0.3) is 0 Å². The normalized spacial score (nSPS) is 20.3. The highest BCUT2D eigenvalue weighted by Crippen LogP contribution is 2.42. The zero-order chi connectivity index (χ0) is 14.1. The predicted molar refractivity (Wildman–Crippen MR) is 82.4 cm³/mol. The van der Waals surface area contributed by atoms with E-state index in [9.17, 15) is 4.79 Å². The second kappa shape index (κ2) is 5.48. The van der Waals surface area contributed by atoms with Crippen molar-refractivity contribution < 1.29 is 14.3 Å². The van der Waals surface area contributed by atoms with Crippen molar-refractivity contribution in [2.75, 3.05) is 24.3 Å². The van der Waals surface area contributed by atoms with Crippen LogP contribution >= 0.6 is 10.7 Å². The molecule has 1 unspecified atom stereocenters. The van der Waals surface area contributed by atoms with Crippen LogP contribution in [0.1, 0.15) is 18.4 Å². The third-order valence-electron chi connectivity index (χ3n) is 3.52. The Morgan fingerprint density at radius 1 is 1.45 bits per heavy atom. The van der Waals surface area contributed by atoms with Crippen LogP contribution < -0.4 is 9.04 Å². The minimum atomic E-state index is -0.215. The summed E-state index contributed by atoms with van der Waals surface area (Å²) in [6.07, 6.45) is 5.03. The van der Waals surface area contributed by atoms with Crippen LogP contribution in [0.3, 0.4) is 0 Å². The number of hydrogen-bond donors (Lipinski definition) is 0. The Labute approximate surface area is 121 Å². The lowest BCUT2D eigenvalue weighted by molar-refractivity contribution is -0.139. The zero-order valence-corrected chi connectivity index (χ0v) is 12.6. The number of esters is 1. The monoisotopic (exact) mass is 293 g/mol. The van der Waals surface area contributed by atoms with Gasteiger partial charge in [-0.05, 0) is 42.7 Å². The van der Waals surface area contributed by atoms with Gasteiger partial charge >= 0.3 is 5.97 Å². The number of benzene rings is 1. The van der Waals surface area contributed by atoms with E-state index in [2.05, 4.69) is 16.1 Å². The smallest absolute Gasteiger partial charge is 0.309 e. The first-order valence-corrected chi connectivity index (χ1v) is 8.44. The number of methoxy groups -OCH3 is 1. The first-order chi connectivity index (χ1) is 9.67. The maximum Gasteiger partial charge on any atom is 0.309 e. The average molecular weight is 293 g/mol. The van der Waals surface area contributed by atoms with E-state index < -0.39 is 0 Å². The summed E-state index contributed by atoms with van der Waals surface area (Å²) in [7, 11) is 1.60. The van der Waals surface area contributed by atoms with Crippen molar-refractivity contribution in [2.45, 2.75) is 19.3 Å². The summed E-state index contributed by atoms with van der Waals surface area (Å²) in [5.74, 6) is 1.43. The van der Waals surface area contributed by atoms with Crippen LogP contribution in [0, 0.1) is 5.92 Å². The maximum atomic E-state index is 11.4. The van der Waals surface area contributed by atoms with Gasteiger partial charge in [-0.25, -0.2) is 0 Å². The molecule has 20 heavy (non-hydrogen) atoms. The van der Waals surface area contributed by atoms with Crippen molar-refractivity contribution in [3.05, 3.63) is 23.8 Å². The summed E-state index contributed by atoms with van der Waals surface area (Å²) in [6.45, 7) is 0.800. The van der Waals surface area contributed by atoms with Crippen LogP contribution in [-0.2, 0) is 16.0 Å². The molecule has 0 N–H and O–H groups in total. The molecule has 0 bridgehead atoms. The van der Waals surface area contributed by atoms with Crippen molar-refractivity contribution in [2.24, 2.45) is 5.92 Å². The molecular formula is C15H19NO3S. The molecular weight excluding hydrogens is 274 g/mol. The maximum absolute atomic E-state index is 11.4. The fourth-order valence-electron chi connectivity index (χ4n) is 2.03. The molecule has 108 valence electrons. The Hall–Kier alpha value is -1.49. The molecule has 4 nitrogen and oxygen atoms in total. The van der Waals surface area contributed by atoms with Gasteiger partial charge in [0.15, 0.2) is 0 Å². The summed E-state index contributed by atoms with van der Waals surface area (Å²) in [5, 5.41) is 0. The fourth-order valence-corrected chi connectivity index (χ4v) is 3.09. The molecule has 0 radical (unpaired) electrons. The lowest BCUT2D eigenvalue weighted by Crippen LogP contribution is -2.07. The Bertz CT molecular complexity index is 566. The van der Waals surface area contributed by atoms with Crippen LogP contribution in [-0.4, -0.2) is 31.4 Å². The van der Waals surface area contributed by atoms with Gasteiger partial charge in [0, 0.05) is 0 Å². The molecule has 0 spiro atoms. The highest BCUT2D eigenvalue weighted by atomic mass is 32.2. The van der Waals surface area contributed by atoms with Gasteiger partial charge in [-0.1, -0.05) is 16.7 Å². The van der Waals surface area contributed by atoms with Gasteiger partial charge in [-0.3, -0.25) is 9.10 Å². The number of carbonyl (C=O) groups is 1. The minimum Gasteiger partial charge on any atom is -0.491 e. The van der Waals surface area contributed by atoms with E-state index >= 15 is 0 Å². The number of carbonyl (C=O) groups excluding carboxylic acids is 1. The molecule has 1 aromatic rings. The van der Waals surface area contributed by atoms with Crippen molar-refractivity contribution in [3.63, 3.8) is 0 Å². The number of rotatable bonds is 6. The van der Waals surface area contributed by atoms with Gasteiger partial charge in [0.2, 0.25) is 0 Å². The number of nitrogens with zero attached hydrogens (tertiary/aromatic N) is 1. The molecule has 1 atom stereocenters. The van der Waals surface area contributed by atoms with Gasteiger partial charge in [-0.15, -0.1) is 0 Å². The van der Waals surface area contributed by atoms with Crippen molar-refractivity contribution >= 4 is 27.8 Å². The van der Waals surface area contributed by atoms with E-state index in [1.54, 1.807) is 0 Å². The summed E-state index contributed by atoms with van der Waals surface area (Å²) < 4.78 is 12.8. The lowest BCUT2D eigenvalue weighted by atomic mass is 10.1. The van der Waals surface area contributed by atoms with Crippen molar-refractivity contribution in [1.82, 2.24) is 0 Å². The van der Waals surface area contributed by atoms with E-state index in [1.807, 2.05) is 18.2 Å². The highest BCUT2D eigenvalue weighted by molar-refractivity contribution is 8.24. The first kappa shape index (κ1) is 13.5. The van der Waals surface area contributed by atoms with Gasteiger partial charge in [0.1, 0.15) is 5.75 Å². The fraction of sp³-hybridized carbons (Fsp3) is 0.467. The van der Waals surface area contributed by atoms with Crippen LogP contribution in [0.2, 0.25) is 0 Å². The first-order valence-electron chi connectivity index (χ1n) is 6.79. The zero-order valence-electron chi connectivity index (χ0n) is 11.8. The Balaban J connectivity index is 1.76. The van der Waals surface area contributed by atoms with Gasteiger partial charge in [0.05, 0.1) is 31.3 Å². The Kier molecular flexibility index (Phi) is 3.70. The number of anilines is 1. The largest absolute Gasteiger partial charge is 0.491 e. The quantitative estimate of drug-likeness (QED) is 0.597. The second-order valence-corrected chi connectivity index (χ2v) is 6.92. The molecule has 0 amide bonds. The topological polar surface area (TPSA) is 38.5 Å². The molecule has 1 fully saturated rings. The molecule has 1 aliphatic carbocycles. The molecule has 5 heteroatoms. The summed E-state index contributed by atoms with van der Waals surface area (Å²) >= 11 is 0. The van der Waals surface area contributed by atoms with Gasteiger partial charge in [-0.2, -0.15) is 0 Å². The summed E-state index contributed by atoms with van der Waals surface area (Å²) in [6, 6.07) is 5.95. The van der Waals surface area contributed by atoms with E-state index in [0.29, 0.717) is 6.42 Å². The van der Waals surface area contributed by atoms with Gasteiger partial charge < -0.3 is 9.47 Å². The Morgan fingerprint density at radius 2 is 2.20 bits per heavy atom. The summed E-state index contributed by atoms with van der Waals surface area (Å²) in [4.78, 5) is 11.4. The molecule has 3 rings (SSSR count). The SMILES string of the molecule is COC(=O)Cc1ccc(OCC2CC2)c(N2C=S2C)c1. The van der Waals surface area contributed by atoms with Crippen molar-refractivity contribution in [3.8, 4) is 5.75 Å². The lowest BCUT2D eigenvalue weighted by Gasteiger charge is -2.14. The van der Waals surface area contributed by atoms with Crippen LogP contribution in [0.4, 0.5) is 5.69 Å². The van der Waals surface area contributed by atoms with Crippen LogP contribution in [0.15, 0.2) is 18.2 Å². The van der Waals surface area contributed by atoms with Gasteiger partial charge in [0.25, 0.3) is 0 Å². The summed E-state index contributed by atoms with van der Waals surface area (Å²) in [5.41, 5.74) is 4.20. The standard InChI is InChI=1S/C15H19NO3S/c1-18-15(17)8-12-5-6-14(19-9-11-3-4-11)13(7-12)16-10-20(16)2/h5-7,10-11H,3-4,8-9H2,1-2H3. The Morgan fingerprint density at radius 3 is 2.80 bits per heavy atom. The molecule has 1 aliphatic heterocycles. The molecule has 1 aromatic carbocycles. The predicted octanol–water partition coefficient (Wildman–Crippen LogP) is 2.58. The molecule has 2 aliphatic rings. The van der Waals surface area contributed by atoms with E-state index in [4.69, 9.17) is 9.47 Å². The third-order valence-corrected chi connectivity index (χ3v) is 4.74. The highest BCUT2D eigenvalue weighted by Gasteiger charge is 2.25. The number of hydrogen-bond acceptors (Lipinski definition) is 4. The average Bonchev–Trinajstić information content (AvgIpc) is 3.34.